The molecule has 2 aromatic carbocycles. The second-order valence-corrected chi connectivity index (χ2v) is 10.1. The van der Waals surface area contributed by atoms with Crippen molar-refractivity contribution in [2.24, 2.45) is 5.92 Å². The molecule has 0 bridgehead atoms. The van der Waals surface area contributed by atoms with Crippen LogP contribution >= 0.6 is 0 Å². The summed E-state index contributed by atoms with van der Waals surface area (Å²) in [6, 6.07) is 10.9. The molecule has 3 rings (SSSR count). The van der Waals surface area contributed by atoms with Crippen LogP contribution in [0.4, 0.5) is 8.78 Å². The first-order valence-electron chi connectivity index (χ1n) is 13.9. The van der Waals surface area contributed by atoms with Crippen LogP contribution in [0.3, 0.4) is 0 Å². The number of ether oxygens (including phenoxy) is 2. The monoisotopic (exact) mass is 486 g/mol. The molecule has 35 heavy (non-hydrogen) atoms. The first-order chi connectivity index (χ1) is 17.1. The number of halogens is 2. The molecule has 1 fully saturated rings. The first-order valence-corrected chi connectivity index (χ1v) is 13.9. The van der Waals surface area contributed by atoms with E-state index in [9.17, 15) is 8.78 Å². The van der Waals surface area contributed by atoms with Gasteiger partial charge in [-0.05, 0) is 30.4 Å². The van der Waals surface area contributed by atoms with Crippen molar-refractivity contribution in [3.63, 3.8) is 0 Å². The van der Waals surface area contributed by atoms with Gasteiger partial charge >= 0.3 is 0 Å². The van der Waals surface area contributed by atoms with Crippen molar-refractivity contribution < 1.29 is 18.3 Å². The topological polar surface area (TPSA) is 18.5 Å². The molecule has 0 amide bonds. The zero-order valence-corrected chi connectivity index (χ0v) is 21.8. The molecular formula is C31H44F2O2. The highest BCUT2D eigenvalue weighted by atomic mass is 19.2. The van der Waals surface area contributed by atoms with Crippen molar-refractivity contribution in [3.8, 4) is 11.1 Å². The third-order valence-electron chi connectivity index (χ3n) is 7.14. The fourth-order valence-electron chi connectivity index (χ4n) is 4.86. The van der Waals surface area contributed by atoms with Crippen LogP contribution in [0.5, 0.6) is 0 Å². The van der Waals surface area contributed by atoms with Gasteiger partial charge < -0.3 is 9.47 Å². The van der Waals surface area contributed by atoms with E-state index < -0.39 is 11.6 Å². The summed E-state index contributed by atoms with van der Waals surface area (Å²) in [5.74, 6) is -1.02. The average Bonchev–Trinajstić information content (AvgIpc) is 2.89. The van der Waals surface area contributed by atoms with E-state index in [2.05, 4.69) is 13.8 Å². The van der Waals surface area contributed by atoms with Gasteiger partial charge in [0.1, 0.15) is 0 Å². The highest BCUT2D eigenvalue weighted by Gasteiger charge is 2.23. The molecule has 2 aromatic rings. The summed E-state index contributed by atoms with van der Waals surface area (Å²) in [4.78, 5) is 0. The van der Waals surface area contributed by atoms with E-state index in [1.807, 2.05) is 24.3 Å². The number of hydrogen-bond acceptors (Lipinski definition) is 2. The Labute approximate surface area is 211 Å². The number of unbranched alkanes of at least 4 members (excludes halogenated alkanes) is 9. The lowest BCUT2D eigenvalue weighted by Gasteiger charge is -2.29. The Morgan fingerprint density at radius 1 is 0.686 bits per heavy atom. The molecule has 0 aromatic heterocycles. The quantitative estimate of drug-likeness (QED) is 0.233. The molecule has 4 heteroatoms. The molecule has 1 aliphatic rings. The third kappa shape index (κ3) is 8.68. The van der Waals surface area contributed by atoms with Crippen LogP contribution in [0, 0.1) is 17.6 Å². The van der Waals surface area contributed by atoms with Crippen LogP contribution in [-0.2, 0) is 15.9 Å². The highest BCUT2D eigenvalue weighted by Crippen LogP contribution is 2.31. The van der Waals surface area contributed by atoms with Crippen molar-refractivity contribution >= 4 is 0 Å². The molecule has 0 spiro atoms. The van der Waals surface area contributed by atoms with E-state index in [1.54, 1.807) is 12.1 Å². The normalized spacial score (nSPS) is 18.2. The number of aryl methyl sites for hydroxylation is 1. The van der Waals surface area contributed by atoms with Crippen LogP contribution in [0.2, 0.25) is 0 Å². The highest BCUT2D eigenvalue weighted by molar-refractivity contribution is 5.65. The predicted octanol–water partition coefficient (Wildman–Crippen LogP) is 9.56. The van der Waals surface area contributed by atoms with Crippen LogP contribution in [-0.4, -0.2) is 13.2 Å². The second-order valence-electron chi connectivity index (χ2n) is 10.1. The minimum atomic E-state index is -0.760. The molecule has 2 nitrogen and oxygen atoms in total. The molecule has 1 heterocycles. The summed E-state index contributed by atoms with van der Waals surface area (Å²) in [6.45, 7) is 5.81. The lowest BCUT2D eigenvalue weighted by Crippen LogP contribution is -2.27. The fraction of sp³-hybridized carbons (Fsp3) is 0.613. The van der Waals surface area contributed by atoms with Gasteiger partial charge in [0.15, 0.2) is 17.9 Å². The summed E-state index contributed by atoms with van der Waals surface area (Å²) >= 11 is 0. The fourth-order valence-corrected chi connectivity index (χ4v) is 4.86. The molecule has 1 saturated heterocycles. The predicted molar refractivity (Wildman–Crippen MR) is 140 cm³/mol. The van der Waals surface area contributed by atoms with E-state index in [-0.39, 0.29) is 6.29 Å². The van der Waals surface area contributed by atoms with Crippen LogP contribution in [0.25, 0.3) is 11.1 Å². The molecule has 0 unspecified atom stereocenters. The molecule has 0 N–H and O–H groups in total. The van der Waals surface area contributed by atoms with Crippen molar-refractivity contribution in [1.29, 1.82) is 0 Å². The Bertz CT molecular complexity index is 857. The first kappa shape index (κ1) is 27.8. The second kappa shape index (κ2) is 15.4. The van der Waals surface area contributed by atoms with E-state index in [4.69, 9.17) is 9.47 Å². The van der Waals surface area contributed by atoms with Gasteiger partial charge in [-0.15, -0.1) is 0 Å². The molecule has 0 radical (unpaired) electrons. The number of benzene rings is 2. The molecule has 0 saturated carbocycles. The van der Waals surface area contributed by atoms with Crippen LogP contribution in [0.1, 0.15) is 108 Å². The smallest absolute Gasteiger partial charge is 0.183 e. The largest absolute Gasteiger partial charge is 0.348 e. The van der Waals surface area contributed by atoms with Gasteiger partial charge in [-0.1, -0.05) is 114 Å². The van der Waals surface area contributed by atoms with Gasteiger partial charge in [-0.2, -0.15) is 0 Å². The van der Waals surface area contributed by atoms with E-state index >= 15 is 0 Å². The molecular weight excluding hydrogens is 442 g/mol. The van der Waals surface area contributed by atoms with Crippen molar-refractivity contribution in [1.82, 2.24) is 0 Å². The van der Waals surface area contributed by atoms with E-state index in [1.165, 1.54) is 44.9 Å². The Hall–Kier alpha value is -1.78. The van der Waals surface area contributed by atoms with Gasteiger partial charge in [-0.25, -0.2) is 8.78 Å². The summed E-state index contributed by atoms with van der Waals surface area (Å²) in [5, 5.41) is 0. The summed E-state index contributed by atoms with van der Waals surface area (Å²) in [6.07, 6.45) is 14.8. The molecule has 0 aliphatic carbocycles. The van der Waals surface area contributed by atoms with Gasteiger partial charge in [-0.3, -0.25) is 0 Å². The summed E-state index contributed by atoms with van der Waals surface area (Å²) in [7, 11) is 0. The molecule has 0 atom stereocenters. The van der Waals surface area contributed by atoms with Gasteiger partial charge in [0.05, 0.1) is 13.2 Å². The zero-order chi connectivity index (χ0) is 24.9. The lowest BCUT2D eigenvalue weighted by atomic mass is 9.98. The molecule has 194 valence electrons. The minimum Gasteiger partial charge on any atom is -0.348 e. The Morgan fingerprint density at radius 2 is 1.29 bits per heavy atom. The lowest BCUT2D eigenvalue weighted by molar-refractivity contribution is -0.206. The van der Waals surface area contributed by atoms with Crippen LogP contribution < -0.4 is 0 Å². The maximum atomic E-state index is 14.8. The number of rotatable bonds is 15. The average molecular weight is 487 g/mol. The SMILES string of the molecule is CCCCCCCCCC1COC(c2ccc(-c3ccc(CCCCCC)c(F)c3F)cc2)OC1. The maximum Gasteiger partial charge on any atom is 0.183 e. The molecule has 1 aliphatic heterocycles. The zero-order valence-electron chi connectivity index (χ0n) is 21.8. The van der Waals surface area contributed by atoms with Crippen molar-refractivity contribution in [2.75, 3.05) is 13.2 Å². The summed E-state index contributed by atoms with van der Waals surface area (Å²) in [5.41, 5.74) is 2.34. The number of hydrogen-bond donors (Lipinski definition) is 0. The van der Waals surface area contributed by atoms with Gasteiger partial charge in [0, 0.05) is 17.0 Å². The van der Waals surface area contributed by atoms with Crippen molar-refractivity contribution in [2.45, 2.75) is 104 Å². The van der Waals surface area contributed by atoms with Crippen LogP contribution in [0.15, 0.2) is 36.4 Å². The van der Waals surface area contributed by atoms with Gasteiger partial charge in [0.2, 0.25) is 0 Å². The van der Waals surface area contributed by atoms with Crippen molar-refractivity contribution in [3.05, 3.63) is 59.2 Å². The van der Waals surface area contributed by atoms with E-state index in [0.29, 0.717) is 42.2 Å². The Morgan fingerprint density at radius 3 is 1.94 bits per heavy atom. The third-order valence-corrected chi connectivity index (χ3v) is 7.14. The standard InChI is InChI=1S/C31H44F2O2/c1-3-5-7-9-10-11-12-14-24-22-34-31(35-23-24)27-18-16-25(17-19-27)28-21-20-26(29(32)30(28)33)15-13-8-6-4-2/h16-21,24,31H,3-15,22-23H2,1-2H3. The summed E-state index contributed by atoms with van der Waals surface area (Å²) < 4.78 is 41.4. The van der Waals surface area contributed by atoms with E-state index in [0.717, 1.165) is 37.7 Å². The Balaban J connectivity index is 1.46. The Kier molecular flexibility index (Phi) is 12.2. The van der Waals surface area contributed by atoms with Gasteiger partial charge in [0.25, 0.3) is 0 Å². The minimum absolute atomic E-state index is 0.298. The maximum absolute atomic E-state index is 14.8.